The van der Waals surface area contributed by atoms with Crippen LogP contribution in [-0.2, 0) is 0 Å². The SMILES string of the molecule is CN1C=N[N+](C)(c2ccccc2F)C1. The normalized spacial score (nSPS) is 25.8. The van der Waals surface area contributed by atoms with E-state index in [2.05, 4.69) is 5.10 Å². The molecular weight excluding hydrogens is 181 g/mol. The van der Waals surface area contributed by atoms with Gasteiger partial charge in [0.25, 0.3) is 0 Å². The molecule has 0 aromatic heterocycles. The largest absolute Gasteiger partial charge is 0.312 e. The van der Waals surface area contributed by atoms with Crippen molar-refractivity contribution in [2.75, 3.05) is 20.8 Å². The maximum Gasteiger partial charge on any atom is 0.196 e. The number of nitrogens with zero attached hydrogens (tertiary/aromatic N) is 3. The maximum absolute atomic E-state index is 13.5. The van der Waals surface area contributed by atoms with E-state index < -0.39 is 0 Å². The molecule has 0 saturated carbocycles. The second kappa shape index (κ2) is 3.06. The van der Waals surface area contributed by atoms with E-state index in [1.165, 1.54) is 6.07 Å². The van der Waals surface area contributed by atoms with Crippen molar-refractivity contribution in [1.29, 1.82) is 0 Å². The topological polar surface area (TPSA) is 15.6 Å². The summed E-state index contributed by atoms with van der Waals surface area (Å²) in [6.45, 7) is 0.668. The van der Waals surface area contributed by atoms with Crippen LogP contribution < -0.4 is 4.59 Å². The number of para-hydroxylation sites is 1. The van der Waals surface area contributed by atoms with Crippen LogP contribution in [0.1, 0.15) is 0 Å². The van der Waals surface area contributed by atoms with Crippen molar-refractivity contribution in [3.8, 4) is 0 Å². The second-order valence-corrected chi connectivity index (χ2v) is 3.72. The summed E-state index contributed by atoms with van der Waals surface area (Å²) in [4.78, 5) is 1.94. The van der Waals surface area contributed by atoms with Gasteiger partial charge in [0, 0.05) is 13.1 Å². The molecule has 14 heavy (non-hydrogen) atoms. The molecule has 3 nitrogen and oxygen atoms in total. The second-order valence-electron chi connectivity index (χ2n) is 3.72. The molecule has 1 aliphatic heterocycles. The van der Waals surface area contributed by atoms with Gasteiger partial charge in [0.2, 0.25) is 0 Å². The quantitative estimate of drug-likeness (QED) is 0.620. The van der Waals surface area contributed by atoms with E-state index in [0.717, 1.165) is 0 Å². The van der Waals surface area contributed by atoms with Gasteiger partial charge in [-0.1, -0.05) is 17.2 Å². The monoisotopic (exact) mass is 194 g/mol. The highest BCUT2D eigenvalue weighted by molar-refractivity contribution is 5.60. The third-order valence-corrected chi connectivity index (χ3v) is 2.37. The third kappa shape index (κ3) is 1.37. The number of halogens is 1. The highest BCUT2D eigenvalue weighted by Gasteiger charge is 2.33. The summed E-state index contributed by atoms with van der Waals surface area (Å²) in [5.41, 5.74) is 0.605. The summed E-state index contributed by atoms with van der Waals surface area (Å²) >= 11 is 0. The first-order valence-electron chi connectivity index (χ1n) is 4.48. The van der Waals surface area contributed by atoms with Gasteiger partial charge in [-0.15, -0.1) is 4.59 Å². The summed E-state index contributed by atoms with van der Waals surface area (Å²) in [5, 5.41) is 4.28. The van der Waals surface area contributed by atoms with Gasteiger partial charge in [0.1, 0.15) is 0 Å². The minimum atomic E-state index is -0.206. The Balaban J connectivity index is 2.41. The number of hydrogen-bond donors (Lipinski definition) is 0. The van der Waals surface area contributed by atoms with Crippen LogP contribution in [0.4, 0.5) is 10.1 Å². The minimum absolute atomic E-state index is 0.206. The maximum atomic E-state index is 13.5. The number of benzene rings is 1. The van der Waals surface area contributed by atoms with Gasteiger partial charge in [-0.25, -0.2) is 4.39 Å². The van der Waals surface area contributed by atoms with Crippen molar-refractivity contribution in [2.24, 2.45) is 5.10 Å². The highest BCUT2D eigenvalue weighted by Crippen LogP contribution is 2.27. The fourth-order valence-electron chi connectivity index (χ4n) is 1.69. The molecule has 1 aliphatic rings. The van der Waals surface area contributed by atoms with Gasteiger partial charge in [-0.05, 0) is 6.07 Å². The van der Waals surface area contributed by atoms with E-state index in [9.17, 15) is 4.39 Å². The van der Waals surface area contributed by atoms with Gasteiger partial charge >= 0.3 is 0 Å². The predicted molar refractivity (Wildman–Crippen MR) is 55.2 cm³/mol. The lowest BCUT2D eigenvalue weighted by Crippen LogP contribution is -2.41. The Labute approximate surface area is 82.6 Å². The van der Waals surface area contributed by atoms with Crippen LogP contribution in [-0.4, -0.2) is 32.0 Å². The zero-order valence-electron chi connectivity index (χ0n) is 8.31. The molecule has 4 heteroatoms. The lowest BCUT2D eigenvalue weighted by molar-refractivity contribution is 0.292. The van der Waals surface area contributed by atoms with E-state index in [0.29, 0.717) is 12.4 Å². The van der Waals surface area contributed by atoms with Crippen LogP contribution in [0, 0.1) is 5.82 Å². The molecule has 1 unspecified atom stereocenters. The number of hydrogen-bond acceptors (Lipinski definition) is 2. The van der Waals surface area contributed by atoms with Crippen LogP contribution in [0.2, 0.25) is 0 Å². The first-order chi connectivity index (χ1) is 6.62. The van der Waals surface area contributed by atoms with E-state index in [1.54, 1.807) is 18.5 Å². The molecule has 1 aromatic carbocycles. The Bertz CT molecular complexity index is 377. The molecule has 0 radical (unpaired) electrons. The molecule has 1 atom stereocenters. The zero-order chi connectivity index (χ0) is 10.2. The van der Waals surface area contributed by atoms with Gasteiger partial charge in [-0.3, -0.25) is 0 Å². The fraction of sp³-hybridized carbons (Fsp3) is 0.300. The summed E-state index contributed by atoms with van der Waals surface area (Å²) in [7, 11) is 3.81. The van der Waals surface area contributed by atoms with Crippen molar-refractivity contribution in [1.82, 2.24) is 9.49 Å². The average Bonchev–Trinajstić information content (AvgIpc) is 2.48. The molecule has 1 aromatic rings. The average molecular weight is 194 g/mol. The van der Waals surface area contributed by atoms with E-state index in [-0.39, 0.29) is 10.4 Å². The number of rotatable bonds is 1. The summed E-state index contributed by atoms with van der Waals surface area (Å²) in [6.07, 6.45) is 1.73. The van der Waals surface area contributed by atoms with Gasteiger partial charge in [0.05, 0.1) is 7.05 Å². The lowest BCUT2D eigenvalue weighted by Gasteiger charge is -2.23. The third-order valence-electron chi connectivity index (χ3n) is 2.37. The van der Waals surface area contributed by atoms with Gasteiger partial charge in [-0.2, -0.15) is 0 Å². The molecule has 2 rings (SSSR count). The Morgan fingerprint density at radius 3 is 2.71 bits per heavy atom. The predicted octanol–water partition coefficient (Wildman–Crippen LogP) is 1.61. The summed E-state index contributed by atoms with van der Waals surface area (Å²) in [6, 6.07) is 6.75. The molecule has 0 saturated heterocycles. The fourth-order valence-corrected chi connectivity index (χ4v) is 1.69. The molecule has 74 valence electrons. The molecule has 0 amide bonds. The molecule has 0 spiro atoms. The minimum Gasteiger partial charge on any atom is -0.312 e. The van der Waals surface area contributed by atoms with Crippen LogP contribution >= 0.6 is 0 Å². The van der Waals surface area contributed by atoms with E-state index >= 15 is 0 Å². The van der Waals surface area contributed by atoms with Crippen LogP contribution in [0.25, 0.3) is 0 Å². The van der Waals surface area contributed by atoms with Gasteiger partial charge < -0.3 is 4.90 Å². The summed E-state index contributed by atoms with van der Waals surface area (Å²) in [5.74, 6) is -0.206. The Kier molecular flexibility index (Phi) is 2.00. The molecule has 0 bridgehead atoms. The smallest absolute Gasteiger partial charge is 0.196 e. The summed E-state index contributed by atoms with van der Waals surface area (Å²) < 4.78 is 13.8. The number of quaternary nitrogens is 1. The molecule has 1 heterocycles. The van der Waals surface area contributed by atoms with Crippen molar-refractivity contribution in [3.05, 3.63) is 30.1 Å². The Hall–Kier alpha value is -1.42. The van der Waals surface area contributed by atoms with Crippen molar-refractivity contribution in [3.63, 3.8) is 0 Å². The molecule has 0 aliphatic carbocycles. The van der Waals surface area contributed by atoms with Gasteiger partial charge in [0.15, 0.2) is 24.5 Å². The van der Waals surface area contributed by atoms with Crippen molar-refractivity contribution >= 4 is 12.0 Å². The van der Waals surface area contributed by atoms with Crippen LogP contribution in [0.3, 0.4) is 0 Å². The molecule has 0 N–H and O–H groups in total. The van der Waals surface area contributed by atoms with Crippen LogP contribution in [0.5, 0.6) is 0 Å². The Morgan fingerprint density at radius 2 is 2.14 bits per heavy atom. The first-order valence-corrected chi connectivity index (χ1v) is 4.48. The Morgan fingerprint density at radius 1 is 1.43 bits per heavy atom. The highest BCUT2D eigenvalue weighted by atomic mass is 19.1. The standard InChI is InChI=1S/C10H13FN3/c1-13-7-12-14(2,8-13)10-6-4-3-5-9(10)11/h3-7H,8H2,1-2H3/q+1. The van der Waals surface area contributed by atoms with E-state index in [1.807, 2.05) is 25.1 Å². The molecular formula is C10H13FN3+. The molecule has 0 fully saturated rings. The lowest BCUT2D eigenvalue weighted by atomic mass is 10.3. The van der Waals surface area contributed by atoms with Crippen LogP contribution in [0.15, 0.2) is 29.4 Å². The van der Waals surface area contributed by atoms with Crippen molar-refractivity contribution < 1.29 is 4.39 Å². The van der Waals surface area contributed by atoms with E-state index in [4.69, 9.17) is 0 Å². The zero-order valence-corrected chi connectivity index (χ0v) is 8.31. The van der Waals surface area contributed by atoms with Crippen molar-refractivity contribution in [2.45, 2.75) is 0 Å². The first kappa shape index (κ1) is 9.15.